The summed E-state index contributed by atoms with van der Waals surface area (Å²) in [6, 6.07) is 0. The lowest BCUT2D eigenvalue weighted by Crippen LogP contribution is -2.22. The van der Waals surface area contributed by atoms with Gasteiger partial charge in [0, 0.05) is 14.1 Å². The Morgan fingerprint density at radius 2 is 1.86 bits per heavy atom. The second-order valence-corrected chi connectivity index (χ2v) is 3.22. The van der Waals surface area contributed by atoms with Crippen LogP contribution in [0.3, 0.4) is 0 Å². The van der Waals surface area contributed by atoms with Gasteiger partial charge in [0.25, 0.3) is 5.56 Å². The molecule has 0 spiro atoms. The van der Waals surface area contributed by atoms with Crippen LogP contribution in [0.1, 0.15) is 5.82 Å². The summed E-state index contributed by atoms with van der Waals surface area (Å²) in [6.07, 6.45) is 0. The fourth-order valence-electron chi connectivity index (χ4n) is 1.36. The van der Waals surface area contributed by atoms with E-state index in [4.69, 9.17) is 5.73 Å². The van der Waals surface area contributed by atoms with Gasteiger partial charge in [-0.1, -0.05) is 0 Å². The maximum absolute atomic E-state index is 11.8. The van der Waals surface area contributed by atoms with Gasteiger partial charge in [0.05, 0.1) is 0 Å². The zero-order valence-electron chi connectivity index (χ0n) is 8.27. The molecule has 14 heavy (non-hydrogen) atoms. The fourth-order valence-corrected chi connectivity index (χ4v) is 1.36. The smallest absolute Gasteiger partial charge is 0.280 e. The molecular weight excluding hydrogens is 182 g/mol. The van der Waals surface area contributed by atoms with E-state index in [1.165, 1.54) is 4.57 Å². The maximum Gasteiger partial charge on any atom is 0.280 e. The molecule has 0 amide bonds. The largest absolute Gasteiger partial charge is 0.369 e. The highest BCUT2D eigenvalue weighted by molar-refractivity contribution is 5.71. The molecule has 0 unspecified atom stereocenters. The molecule has 0 aromatic carbocycles. The van der Waals surface area contributed by atoms with Crippen LogP contribution >= 0.6 is 0 Å². The normalized spacial score (nSPS) is 11.1. The molecule has 0 aliphatic heterocycles. The topological polar surface area (TPSA) is 78.7 Å². The molecule has 0 saturated heterocycles. The second kappa shape index (κ2) is 2.57. The van der Waals surface area contributed by atoms with Crippen molar-refractivity contribution >= 4 is 17.1 Å². The molecule has 0 saturated carbocycles. The van der Waals surface area contributed by atoms with Gasteiger partial charge in [-0.25, -0.2) is 4.98 Å². The number of aromatic nitrogens is 4. The van der Waals surface area contributed by atoms with E-state index in [0.717, 1.165) is 5.82 Å². The monoisotopic (exact) mass is 193 g/mol. The Morgan fingerprint density at radius 1 is 1.21 bits per heavy atom. The van der Waals surface area contributed by atoms with Crippen LogP contribution in [-0.4, -0.2) is 19.1 Å². The highest BCUT2D eigenvalue weighted by Crippen LogP contribution is 2.08. The van der Waals surface area contributed by atoms with Crippen LogP contribution in [0.5, 0.6) is 0 Å². The molecule has 2 N–H and O–H groups in total. The SMILES string of the molecule is Cc1nc2nc(N)n(C)c(=O)c2n1C. The van der Waals surface area contributed by atoms with E-state index >= 15 is 0 Å². The minimum absolute atomic E-state index is 0.171. The van der Waals surface area contributed by atoms with Crippen molar-refractivity contribution in [1.82, 2.24) is 19.1 Å². The Morgan fingerprint density at radius 3 is 2.50 bits per heavy atom. The first-order valence-electron chi connectivity index (χ1n) is 4.18. The van der Waals surface area contributed by atoms with Gasteiger partial charge in [-0.3, -0.25) is 9.36 Å². The highest BCUT2D eigenvalue weighted by Gasteiger charge is 2.12. The molecule has 2 aromatic rings. The van der Waals surface area contributed by atoms with Crippen LogP contribution in [0.15, 0.2) is 4.79 Å². The molecule has 6 heteroatoms. The van der Waals surface area contributed by atoms with Gasteiger partial charge in [-0.15, -0.1) is 0 Å². The summed E-state index contributed by atoms with van der Waals surface area (Å²) in [4.78, 5) is 19.9. The standard InChI is InChI=1S/C8H11N5O/c1-4-10-6-5(12(4)2)7(14)13(3)8(9)11-6/h1-3H3,(H2,9,11). The van der Waals surface area contributed by atoms with E-state index in [0.29, 0.717) is 11.2 Å². The van der Waals surface area contributed by atoms with Crippen molar-refractivity contribution in [2.45, 2.75) is 6.92 Å². The van der Waals surface area contributed by atoms with Crippen molar-refractivity contribution < 1.29 is 0 Å². The number of rotatable bonds is 0. The van der Waals surface area contributed by atoms with Crippen molar-refractivity contribution in [3.8, 4) is 0 Å². The van der Waals surface area contributed by atoms with Crippen molar-refractivity contribution in [1.29, 1.82) is 0 Å². The van der Waals surface area contributed by atoms with Crippen LogP contribution in [0.25, 0.3) is 11.2 Å². The minimum atomic E-state index is -0.171. The zero-order chi connectivity index (χ0) is 10.5. The lowest BCUT2D eigenvalue weighted by Gasteiger charge is -2.01. The van der Waals surface area contributed by atoms with Crippen molar-refractivity contribution in [2.24, 2.45) is 14.1 Å². The second-order valence-electron chi connectivity index (χ2n) is 3.22. The van der Waals surface area contributed by atoms with Gasteiger partial charge in [0.15, 0.2) is 11.2 Å². The van der Waals surface area contributed by atoms with Crippen molar-refractivity contribution in [3.63, 3.8) is 0 Å². The third kappa shape index (κ3) is 0.935. The summed E-state index contributed by atoms with van der Waals surface area (Å²) in [7, 11) is 3.37. The van der Waals surface area contributed by atoms with Crippen molar-refractivity contribution in [3.05, 3.63) is 16.2 Å². The summed E-state index contributed by atoms with van der Waals surface area (Å²) in [5.41, 5.74) is 6.27. The lowest BCUT2D eigenvalue weighted by molar-refractivity contribution is 0.833. The van der Waals surface area contributed by atoms with E-state index in [9.17, 15) is 4.79 Å². The molecule has 0 aliphatic carbocycles. The number of hydrogen-bond acceptors (Lipinski definition) is 4. The van der Waals surface area contributed by atoms with Crippen LogP contribution in [-0.2, 0) is 14.1 Å². The average molecular weight is 193 g/mol. The van der Waals surface area contributed by atoms with E-state index < -0.39 is 0 Å². The minimum Gasteiger partial charge on any atom is -0.369 e. The van der Waals surface area contributed by atoms with Crippen LogP contribution in [0.2, 0.25) is 0 Å². The van der Waals surface area contributed by atoms with Gasteiger partial charge in [0.2, 0.25) is 5.95 Å². The molecule has 0 atom stereocenters. The van der Waals surface area contributed by atoms with Crippen LogP contribution < -0.4 is 11.3 Å². The number of nitrogen functional groups attached to an aromatic ring is 1. The van der Waals surface area contributed by atoms with Gasteiger partial charge in [-0.2, -0.15) is 4.98 Å². The summed E-state index contributed by atoms with van der Waals surface area (Å²) < 4.78 is 3.02. The molecule has 0 aliphatic rings. The van der Waals surface area contributed by atoms with Crippen molar-refractivity contribution in [2.75, 3.05) is 5.73 Å². The van der Waals surface area contributed by atoms with Crippen LogP contribution in [0.4, 0.5) is 5.95 Å². The lowest BCUT2D eigenvalue weighted by atomic mass is 10.5. The molecule has 0 radical (unpaired) electrons. The Hall–Kier alpha value is -1.85. The number of aryl methyl sites for hydroxylation is 2. The fraction of sp³-hybridized carbons (Fsp3) is 0.375. The molecule has 2 aromatic heterocycles. The Balaban J connectivity index is 3.07. The summed E-state index contributed by atoms with van der Waals surface area (Å²) in [5, 5.41) is 0. The van der Waals surface area contributed by atoms with E-state index in [1.807, 2.05) is 6.92 Å². The molecule has 2 heterocycles. The number of imidazole rings is 1. The van der Waals surface area contributed by atoms with E-state index in [1.54, 1.807) is 18.7 Å². The molecule has 74 valence electrons. The number of hydrogen-bond donors (Lipinski definition) is 1. The third-order valence-corrected chi connectivity index (χ3v) is 2.37. The van der Waals surface area contributed by atoms with Gasteiger partial charge < -0.3 is 10.3 Å². The van der Waals surface area contributed by atoms with Gasteiger partial charge in [0.1, 0.15) is 5.82 Å². The van der Waals surface area contributed by atoms with Gasteiger partial charge in [-0.05, 0) is 6.92 Å². The number of nitrogens with zero attached hydrogens (tertiary/aromatic N) is 4. The van der Waals surface area contributed by atoms with Crippen LogP contribution in [0, 0.1) is 6.92 Å². The van der Waals surface area contributed by atoms with E-state index in [-0.39, 0.29) is 11.5 Å². The molecule has 0 bridgehead atoms. The average Bonchev–Trinajstić information content (AvgIpc) is 2.39. The molecule has 6 nitrogen and oxygen atoms in total. The van der Waals surface area contributed by atoms with Gasteiger partial charge >= 0.3 is 0 Å². The Bertz CT molecular complexity index is 565. The number of nitrogens with two attached hydrogens (primary N) is 1. The Kier molecular flexibility index (Phi) is 1.60. The van der Waals surface area contributed by atoms with E-state index in [2.05, 4.69) is 9.97 Å². The predicted molar refractivity (Wildman–Crippen MR) is 52.9 cm³/mol. The molecule has 2 rings (SSSR count). The first-order chi connectivity index (χ1) is 6.52. The molecule has 0 fully saturated rings. The summed E-state index contributed by atoms with van der Waals surface area (Å²) >= 11 is 0. The number of anilines is 1. The molecular formula is C8H11N5O. The summed E-state index contributed by atoms with van der Waals surface area (Å²) in [6.45, 7) is 1.82. The Labute approximate surface area is 80.0 Å². The zero-order valence-corrected chi connectivity index (χ0v) is 8.27. The number of fused-ring (bicyclic) bond motifs is 1. The first-order valence-corrected chi connectivity index (χ1v) is 4.18. The predicted octanol–water partition coefficient (Wildman–Crippen LogP) is -0.442. The third-order valence-electron chi connectivity index (χ3n) is 2.37. The first kappa shape index (κ1) is 8.74. The maximum atomic E-state index is 11.8. The highest BCUT2D eigenvalue weighted by atomic mass is 16.1. The quantitative estimate of drug-likeness (QED) is 0.615. The summed E-state index contributed by atoms with van der Waals surface area (Å²) in [5.74, 6) is 0.927.